The zero-order valence-electron chi connectivity index (χ0n) is 14.2. The molecule has 8 heteroatoms. The molecular formula is C19H15ClF2N2O3. The number of amides is 1. The number of benzene rings is 2. The lowest BCUT2D eigenvalue weighted by Crippen LogP contribution is -2.24. The third-order valence-corrected chi connectivity index (χ3v) is 4.35. The van der Waals surface area contributed by atoms with Crippen molar-refractivity contribution in [1.29, 1.82) is 0 Å². The van der Waals surface area contributed by atoms with Gasteiger partial charge in [0, 0.05) is 12.1 Å². The Bertz CT molecular complexity index is 984. The van der Waals surface area contributed by atoms with E-state index in [0.717, 1.165) is 0 Å². The Morgan fingerprint density at radius 2 is 2.04 bits per heavy atom. The SMILES string of the molecule is Cc1onc(-c2c(F)cccc2Cl)c1C(=O)NCc1ccc(CO)c(F)c1. The molecule has 2 N–H and O–H groups in total. The molecule has 0 radical (unpaired) electrons. The molecule has 1 heterocycles. The summed E-state index contributed by atoms with van der Waals surface area (Å²) in [5.74, 6) is -1.56. The number of nitrogens with zero attached hydrogens (tertiary/aromatic N) is 1. The third-order valence-electron chi connectivity index (χ3n) is 4.03. The molecule has 3 aromatic rings. The predicted octanol–water partition coefficient (Wildman–Crippen LogP) is 4.00. The molecule has 0 atom stereocenters. The van der Waals surface area contributed by atoms with E-state index in [1.54, 1.807) is 6.07 Å². The summed E-state index contributed by atoms with van der Waals surface area (Å²) in [6.45, 7) is 1.14. The molecular weight excluding hydrogens is 378 g/mol. The Morgan fingerprint density at radius 3 is 2.70 bits per heavy atom. The predicted molar refractivity (Wildman–Crippen MR) is 95.1 cm³/mol. The molecule has 0 bridgehead atoms. The molecule has 27 heavy (non-hydrogen) atoms. The number of aliphatic hydroxyl groups excluding tert-OH is 1. The smallest absolute Gasteiger partial charge is 0.257 e. The summed E-state index contributed by atoms with van der Waals surface area (Å²) in [6, 6.07) is 8.38. The first-order valence-corrected chi connectivity index (χ1v) is 8.37. The van der Waals surface area contributed by atoms with E-state index in [-0.39, 0.29) is 39.7 Å². The summed E-state index contributed by atoms with van der Waals surface area (Å²) in [5, 5.41) is 15.5. The molecule has 140 valence electrons. The number of carbonyl (C=O) groups excluding carboxylic acids is 1. The van der Waals surface area contributed by atoms with Crippen molar-refractivity contribution in [2.24, 2.45) is 0 Å². The number of aliphatic hydroxyl groups is 1. The van der Waals surface area contributed by atoms with Gasteiger partial charge in [-0.1, -0.05) is 35.0 Å². The molecule has 0 spiro atoms. The monoisotopic (exact) mass is 392 g/mol. The van der Waals surface area contributed by atoms with E-state index < -0.39 is 24.1 Å². The van der Waals surface area contributed by atoms with Crippen LogP contribution in [0.25, 0.3) is 11.3 Å². The zero-order chi connectivity index (χ0) is 19.6. The summed E-state index contributed by atoms with van der Waals surface area (Å²) in [7, 11) is 0. The summed E-state index contributed by atoms with van der Waals surface area (Å²) in [4.78, 5) is 12.6. The molecule has 0 saturated heterocycles. The van der Waals surface area contributed by atoms with Gasteiger partial charge >= 0.3 is 0 Å². The van der Waals surface area contributed by atoms with Gasteiger partial charge in [0.05, 0.1) is 17.2 Å². The summed E-state index contributed by atoms with van der Waals surface area (Å²) < 4.78 is 33.0. The van der Waals surface area contributed by atoms with E-state index in [0.29, 0.717) is 5.56 Å². The molecule has 5 nitrogen and oxygen atoms in total. The topological polar surface area (TPSA) is 75.4 Å². The highest BCUT2D eigenvalue weighted by Gasteiger charge is 2.25. The van der Waals surface area contributed by atoms with Crippen molar-refractivity contribution in [2.45, 2.75) is 20.1 Å². The number of nitrogens with one attached hydrogen (secondary N) is 1. The maximum atomic E-state index is 14.2. The molecule has 0 aliphatic rings. The van der Waals surface area contributed by atoms with Gasteiger partial charge in [0.25, 0.3) is 5.91 Å². The highest BCUT2D eigenvalue weighted by Crippen LogP contribution is 2.33. The average Bonchev–Trinajstić information content (AvgIpc) is 3.01. The van der Waals surface area contributed by atoms with Crippen molar-refractivity contribution in [2.75, 3.05) is 0 Å². The molecule has 2 aromatic carbocycles. The van der Waals surface area contributed by atoms with E-state index in [9.17, 15) is 13.6 Å². The quantitative estimate of drug-likeness (QED) is 0.688. The molecule has 0 aliphatic carbocycles. The van der Waals surface area contributed by atoms with Crippen LogP contribution in [0.2, 0.25) is 5.02 Å². The van der Waals surface area contributed by atoms with Crippen LogP contribution < -0.4 is 5.32 Å². The number of halogens is 3. The van der Waals surface area contributed by atoms with E-state index in [1.165, 1.54) is 37.3 Å². The zero-order valence-corrected chi connectivity index (χ0v) is 15.0. The minimum absolute atomic E-state index is 0.00471. The van der Waals surface area contributed by atoms with Crippen LogP contribution in [0, 0.1) is 18.6 Å². The first kappa shape index (κ1) is 19.0. The van der Waals surface area contributed by atoms with Gasteiger partial charge in [0.1, 0.15) is 28.7 Å². The van der Waals surface area contributed by atoms with Crippen molar-refractivity contribution >= 4 is 17.5 Å². The number of aromatic nitrogens is 1. The van der Waals surface area contributed by atoms with Crippen LogP contribution in [-0.4, -0.2) is 16.2 Å². The molecule has 1 aromatic heterocycles. The van der Waals surface area contributed by atoms with Gasteiger partial charge in [-0.15, -0.1) is 0 Å². The summed E-state index contributed by atoms with van der Waals surface area (Å²) >= 11 is 6.05. The van der Waals surface area contributed by atoms with E-state index in [1.807, 2.05) is 0 Å². The second-order valence-corrected chi connectivity index (χ2v) is 6.23. The molecule has 0 aliphatic heterocycles. The standard InChI is InChI=1S/C19H15ClF2N2O3/c1-10-16(18(24-27-10)17-13(20)3-2-4-14(17)21)19(26)23-8-11-5-6-12(9-25)15(22)7-11/h2-7,25H,8-9H2,1H3,(H,23,26). The second kappa shape index (κ2) is 7.85. The van der Waals surface area contributed by atoms with Crippen LogP contribution in [-0.2, 0) is 13.2 Å². The Labute approximate surface area is 158 Å². The van der Waals surface area contributed by atoms with Crippen LogP contribution in [0.3, 0.4) is 0 Å². The highest BCUT2D eigenvalue weighted by molar-refractivity contribution is 6.33. The van der Waals surface area contributed by atoms with Crippen molar-refractivity contribution in [3.05, 3.63) is 75.5 Å². The van der Waals surface area contributed by atoms with E-state index in [4.69, 9.17) is 21.2 Å². The number of rotatable bonds is 5. The molecule has 0 fully saturated rings. The third kappa shape index (κ3) is 3.84. The Hall–Kier alpha value is -2.77. The van der Waals surface area contributed by atoms with E-state index >= 15 is 0 Å². The maximum Gasteiger partial charge on any atom is 0.257 e. The normalized spacial score (nSPS) is 10.9. The van der Waals surface area contributed by atoms with Gasteiger partial charge in [-0.25, -0.2) is 8.78 Å². The second-order valence-electron chi connectivity index (χ2n) is 5.83. The van der Waals surface area contributed by atoms with Gasteiger partial charge in [0.15, 0.2) is 0 Å². The fourth-order valence-electron chi connectivity index (χ4n) is 2.63. The minimum Gasteiger partial charge on any atom is -0.392 e. The largest absolute Gasteiger partial charge is 0.392 e. The van der Waals surface area contributed by atoms with Gasteiger partial charge in [-0.2, -0.15) is 0 Å². The summed E-state index contributed by atoms with van der Waals surface area (Å²) in [6.07, 6.45) is 0. The van der Waals surface area contributed by atoms with Gasteiger partial charge in [-0.3, -0.25) is 4.79 Å². The lowest BCUT2D eigenvalue weighted by atomic mass is 10.0. The van der Waals surface area contributed by atoms with E-state index in [2.05, 4.69) is 10.5 Å². The van der Waals surface area contributed by atoms with Crippen molar-refractivity contribution in [1.82, 2.24) is 10.5 Å². The first-order chi connectivity index (χ1) is 12.9. The minimum atomic E-state index is -0.633. The fourth-order valence-corrected chi connectivity index (χ4v) is 2.89. The van der Waals surface area contributed by atoms with Crippen LogP contribution in [0.15, 0.2) is 40.9 Å². The van der Waals surface area contributed by atoms with Gasteiger partial charge < -0.3 is 14.9 Å². The van der Waals surface area contributed by atoms with Crippen LogP contribution in [0.1, 0.15) is 27.2 Å². The number of hydrogen-bond donors (Lipinski definition) is 2. The maximum absolute atomic E-state index is 14.2. The van der Waals surface area contributed by atoms with Gasteiger partial charge in [0.2, 0.25) is 0 Å². The Morgan fingerprint density at radius 1 is 1.26 bits per heavy atom. The average molecular weight is 393 g/mol. The van der Waals surface area contributed by atoms with Crippen LogP contribution >= 0.6 is 11.6 Å². The van der Waals surface area contributed by atoms with Crippen LogP contribution in [0.4, 0.5) is 8.78 Å². The van der Waals surface area contributed by atoms with Crippen molar-refractivity contribution in [3.8, 4) is 11.3 Å². The first-order valence-electron chi connectivity index (χ1n) is 7.99. The molecule has 0 unspecified atom stereocenters. The number of carbonyl (C=O) groups is 1. The Balaban J connectivity index is 1.86. The lowest BCUT2D eigenvalue weighted by molar-refractivity contribution is 0.0950. The van der Waals surface area contributed by atoms with Crippen molar-refractivity contribution in [3.63, 3.8) is 0 Å². The van der Waals surface area contributed by atoms with Crippen LogP contribution in [0.5, 0.6) is 0 Å². The lowest BCUT2D eigenvalue weighted by Gasteiger charge is -2.08. The van der Waals surface area contributed by atoms with Gasteiger partial charge in [-0.05, 0) is 30.7 Å². The number of hydrogen-bond acceptors (Lipinski definition) is 4. The summed E-state index contributed by atoms with van der Waals surface area (Å²) in [5.41, 5.74) is 0.679. The van der Waals surface area contributed by atoms with Crippen molar-refractivity contribution < 1.29 is 23.2 Å². The molecule has 0 saturated carbocycles. The highest BCUT2D eigenvalue weighted by atomic mass is 35.5. The molecule has 1 amide bonds. The number of aryl methyl sites for hydroxylation is 1. The molecule has 3 rings (SSSR count). The Kier molecular flexibility index (Phi) is 5.53. The fraction of sp³-hybridized carbons (Fsp3) is 0.158.